The summed E-state index contributed by atoms with van der Waals surface area (Å²) >= 11 is 6.90. The van der Waals surface area contributed by atoms with E-state index in [9.17, 15) is 13.2 Å². The molecule has 3 aromatic rings. The van der Waals surface area contributed by atoms with Crippen molar-refractivity contribution in [1.82, 2.24) is 14.5 Å². The first-order valence-corrected chi connectivity index (χ1v) is 12.2. The molecule has 0 spiro atoms. The van der Waals surface area contributed by atoms with Crippen molar-refractivity contribution in [2.45, 2.75) is 11.3 Å². The molecule has 1 aliphatic rings. The molecule has 11 heteroatoms. The number of aromatic nitrogens is 2. The predicted octanol–water partition coefficient (Wildman–Crippen LogP) is 3.26. The van der Waals surface area contributed by atoms with Gasteiger partial charge in [-0.05, 0) is 36.8 Å². The van der Waals surface area contributed by atoms with Gasteiger partial charge in [0.25, 0.3) is 15.9 Å². The molecule has 31 heavy (non-hydrogen) atoms. The van der Waals surface area contributed by atoms with Gasteiger partial charge in [-0.2, -0.15) is 4.31 Å². The average Bonchev–Trinajstić information content (AvgIpc) is 3.23. The predicted molar refractivity (Wildman–Crippen MR) is 121 cm³/mol. The number of amides is 1. The summed E-state index contributed by atoms with van der Waals surface area (Å²) in [7, 11) is -3.79. The Hall–Kier alpha value is -2.53. The molecular formula is C20H20ClN5O3S2. The lowest BCUT2D eigenvalue weighted by Crippen LogP contribution is -2.48. The SMILES string of the molecule is Cc1ccccc1C(=O)Nc1nnc(S(=O)(=O)N2CCN(c3cccc(Cl)c3)CC2)s1. The highest BCUT2D eigenvalue weighted by molar-refractivity contribution is 7.91. The highest BCUT2D eigenvalue weighted by atomic mass is 35.5. The van der Waals surface area contributed by atoms with Gasteiger partial charge in [0.2, 0.25) is 9.47 Å². The van der Waals surface area contributed by atoms with E-state index in [1.54, 1.807) is 18.2 Å². The first-order chi connectivity index (χ1) is 14.8. The van der Waals surface area contributed by atoms with Crippen LogP contribution in [0.5, 0.6) is 0 Å². The molecular weight excluding hydrogens is 458 g/mol. The van der Waals surface area contributed by atoms with Crippen LogP contribution in [0.2, 0.25) is 5.02 Å². The number of carbonyl (C=O) groups is 1. The number of benzene rings is 2. The first-order valence-electron chi connectivity index (χ1n) is 9.56. The van der Waals surface area contributed by atoms with Crippen molar-refractivity contribution in [3.63, 3.8) is 0 Å². The van der Waals surface area contributed by atoms with Crippen molar-refractivity contribution in [3.05, 3.63) is 64.7 Å². The van der Waals surface area contributed by atoms with Gasteiger partial charge in [0.1, 0.15) is 0 Å². The molecule has 1 N–H and O–H groups in total. The molecule has 0 saturated carbocycles. The third-order valence-electron chi connectivity index (χ3n) is 4.99. The summed E-state index contributed by atoms with van der Waals surface area (Å²) in [6.07, 6.45) is 0. The van der Waals surface area contributed by atoms with E-state index in [-0.39, 0.29) is 15.4 Å². The maximum atomic E-state index is 13.0. The molecule has 1 amide bonds. The van der Waals surface area contributed by atoms with Gasteiger partial charge in [0.15, 0.2) is 0 Å². The minimum atomic E-state index is -3.79. The summed E-state index contributed by atoms with van der Waals surface area (Å²) in [5.74, 6) is -0.353. The number of halogens is 1. The highest BCUT2D eigenvalue weighted by Crippen LogP contribution is 2.26. The average molecular weight is 478 g/mol. The molecule has 2 heterocycles. The van der Waals surface area contributed by atoms with Gasteiger partial charge in [0, 0.05) is 42.5 Å². The van der Waals surface area contributed by atoms with E-state index in [2.05, 4.69) is 20.4 Å². The highest BCUT2D eigenvalue weighted by Gasteiger charge is 2.32. The Bertz CT molecular complexity index is 1210. The van der Waals surface area contributed by atoms with E-state index in [1.165, 1.54) is 4.31 Å². The van der Waals surface area contributed by atoms with Crippen molar-refractivity contribution in [2.75, 3.05) is 36.4 Å². The molecule has 0 radical (unpaired) electrons. The number of sulfonamides is 1. The fourth-order valence-electron chi connectivity index (χ4n) is 3.33. The zero-order valence-corrected chi connectivity index (χ0v) is 19.0. The number of rotatable bonds is 5. The van der Waals surface area contributed by atoms with Crippen molar-refractivity contribution in [1.29, 1.82) is 0 Å². The molecule has 0 aliphatic carbocycles. The zero-order chi connectivity index (χ0) is 22.0. The summed E-state index contributed by atoms with van der Waals surface area (Å²) in [5, 5.41) is 11.1. The summed E-state index contributed by atoms with van der Waals surface area (Å²) in [6.45, 7) is 3.54. The van der Waals surface area contributed by atoms with Crippen LogP contribution < -0.4 is 10.2 Å². The van der Waals surface area contributed by atoms with Crippen LogP contribution in [0.3, 0.4) is 0 Å². The smallest absolute Gasteiger partial charge is 0.272 e. The molecule has 0 unspecified atom stereocenters. The first kappa shape index (κ1) is 21.7. The number of piperazine rings is 1. The molecule has 1 saturated heterocycles. The van der Waals surface area contributed by atoms with Crippen LogP contribution in [0.15, 0.2) is 52.9 Å². The van der Waals surface area contributed by atoms with Gasteiger partial charge in [-0.15, -0.1) is 10.2 Å². The Balaban J connectivity index is 1.42. The number of hydrogen-bond donors (Lipinski definition) is 1. The Morgan fingerprint density at radius 2 is 1.81 bits per heavy atom. The molecule has 2 aromatic carbocycles. The number of hydrogen-bond acceptors (Lipinski definition) is 7. The van der Waals surface area contributed by atoms with Crippen LogP contribution in [0.1, 0.15) is 15.9 Å². The molecule has 1 aliphatic heterocycles. The zero-order valence-electron chi connectivity index (χ0n) is 16.7. The number of nitrogens with zero attached hydrogens (tertiary/aromatic N) is 4. The third kappa shape index (κ3) is 4.72. The fourth-order valence-corrected chi connectivity index (χ4v) is 5.97. The Labute approximate surface area is 189 Å². The van der Waals surface area contributed by atoms with Gasteiger partial charge in [-0.3, -0.25) is 10.1 Å². The molecule has 4 rings (SSSR count). The normalized spacial score (nSPS) is 15.1. The topological polar surface area (TPSA) is 95.5 Å². The summed E-state index contributed by atoms with van der Waals surface area (Å²) in [6, 6.07) is 14.6. The van der Waals surface area contributed by atoms with E-state index < -0.39 is 10.0 Å². The number of nitrogens with one attached hydrogen (secondary N) is 1. The van der Waals surface area contributed by atoms with E-state index in [0.29, 0.717) is 36.8 Å². The fraction of sp³-hybridized carbons (Fsp3) is 0.250. The second-order valence-corrected chi connectivity index (χ2v) is 10.5. The Morgan fingerprint density at radius 3 is 2.52 bits per heavy atom. The van der Waals surface area contributed by atoms with Gasteiger partial charge < -0.3 is 4.90 Å². The molecule has 1 fully saturated rings. The lowest BCUT2D eigenvalue weighted by atomic mass is 10.1. The van der Waals surface area contributed by atoms with Crippen LogP contribution in [0.25, 0.3) is 0 Å². The van der Waals surface area contributed by atoms with Crippen molar-refractivity contribution < 1.29 is 13.2 Å². The second kappa shape index (κ2) is 8.91. The van der Waals surface area contributed by atoms with Gasteiger partial charge in [-0.25, -0.2) is 8.42 Å². The number of carbonyl (C=O) groups excluding carboxylic acids is 1. The van der Waals surface area contributed by atoms with Crippen LogP contribution in [0, 0.1) is 6.92 Å². The molecule has 8 nitrogen and oxygen atoms in total. The van der Waals surface area contributed by atoms with E-state index in [0.717, 1.165) is 22.6 Å². The van der Waals surface area contributed by atoms with Crippen molar-refractivity contribution >= 4 is 49.7 Å². The number of aryl methyl sites for hydroxylation is 1. The summed E-state index contributed by atoms with van der Waals surface area (Å²) in [4.78, 5) is 14.5. The standard InChI is InChI=1S/C20H20ClN5O3S2/c1-14-5-2-3-8-17(14)18(27)22-19-23-24-20(30-19)31(28,29)26-11-9-25(10-12-26)16-7-4-6-15(21)13-16/h2-8,13H,9-12H2,1H3,(H,22,23,27). The Morgan fingerprint density at radius 1 is 1.06 bits per heavy atom. The van der Waals surface area contributed by atoms with E-state index >= 15 is 0 Å². The monoisotopic (exact) mass is 477 g/mol. The van der Waals surface area contributed by atoms with Crippen LogP contribution in [0.4, 0.5) is 10.8 Å². The van der Waals surface area contributed by atoms with Gasteiger partial charge in [-0.1, -0.05) is 47.2 Å². The van der Waals surface area contributed by atoms with Gasteiger partial charge >= 0.3 is 0 Å². The second-order valence-electron chi connectivity index (χ2n) is 7.01. The van der Waals surface area contributed by atoms with Crippen LogP contribution in [-0.4, -0.2) is 55.0 Å². The largest absolute Gasteiger partial charge is 0.369 e. The Kier molecular flexibility index (Phi) is 6.24. The minimum Gasteiger partial charge on any atom is -0.369 e. The summed E-state index contributed by atoms with van der Waals surface area (Å²) in [5.41, 5.74) is 2.27. The third-order valence-corrected chi connectivity index (χ3v) is 8.31. The minimum absolute atomic E-state index is 0.135. The van der Waals surface area contributed by atoms with E-state index in [1.807, 2.05) is 37.3 Å². The molecule has 162 valence electrons. The quantitative estimate of drug-likeness (QED) is 0.567. The maximum absolute atomic E-state index is 13.0. The van der Waals surface area contributed by atoms with Crippen molar-refractivity contribution in [2.24, 2.45) is 0 Å². The number of anilines is 2. The van der Waals surface area contributed by atoms with Crippen LogP contribution >= 0.6 is 22.9 Å². The van der Waals surface area contributed by atoms with Crippen LogP contribution in [-0.2, 0) is 10.0 Å². The lowest BCUT2D eigenvalue weighted by molar-refractivity contribution is 0.102. The maximum Gasteiger partial charge on any atom is 0.272 e. The molecule has 1 aromatic heterocycles. The van der Waals surface area contributed by atoms with Gasteiger partial charge in [0.05, 0.1) is 0 Å². The molecule has 0 bridgehead atoms. The van der Waals surface area contributed by atoms with Crippen molar-refractivity contribution in [3.8, 4) is 0 Å². The molecule has 0 atom stereocenters. The lowest BCUT2D eigenvalue weighted by Gasteiger charge is -2.34. The van der Waals surface area contributed by atoms with E-state index in [4.69, 9.17) is 11.6 Å². The summed E-state index contributed by atoms with van der Waals surface area (Å²) < 4.78 is 27.2.